The number of nitrogens with two attached hydrogens (primary N) is 1. The normalized spacial score (nSPS) is 33.2. The van der Waals surface area contributed by atoms with E-state index in [0.29, 0.717) is 11.8 Å². The first-order chi connectivity index (χ1) is 7.19. The molecule has 0 aromatic heterocycles. The van der Waals surface area contributed by atoms with Gasteiger partial charge in [-0.25, -0.2) is 0 Å². The monoisotopic (exact) mass is 226 g/mol. The highest BCUT2D eigenvalue weighted by molar-refractivity contribution is 5.85. The van der Waals surface area contributed by atoms with Crippen molar-refractivity contribution in [2.24, 2.45) is 23.0 Å². The summed E-state index contributed by atoms with van der Waals surface area (Å²) in [6.45, 7) is 11.7. The number of primary amides is 1. The molecule has 1 amide bonds. The van der Waals surface area contributed by atoms with Crippen molar-refractivity contribution in [2.75, 3.05) is 6.54 Å². The van der Waals surface area contributed by atoms with Crippen molar-refractivity contribution < 1.29 is 4.79 Å². The Hall–Kier alpha value is -0.570. The van der Waals surface area contributed by atoms with Gasteiger partial charge in [-0.2, -0.15) is 0 Å². The van der Waals surface area contributed by atoms with Gasteiger partial charge in [0.05, 0.1) is 0 Å². The summed E-state index contributed by atoms with van der Waals surface area (Å²) in [7, 11) is 0. The molecule has 16 heavy (non-hydrogen) atoms. The molecule has 3 nitrogen and oxygen atoms in total. The lowest BCUT2D eigenvalue weighted by Gasteiger charge is -2.33. The van der Waals surface area contributed by atoms with Crippen LogP contribution in [0.5, 0.6) is 0 Å². The van der Waals surface area contributed by atoms with Gasteiger partial charge >= 0.3 is 0 Å². The predicted octanol–water partition coefficient (Wildman–Crippen LogP) is 1.91. The largest absolute Gasteiger partial charge is 0.368 e. The minimum absolute atomic E-state index is 0.189. The summed E-state index contributed by atoms with van der Waals surface area (Å²) < 4.78 is 0. The van der Waals surface area contributed by atoms with Gasteiger partial charge in [-0.1, -0.05) is 34.6 Å². The standard InChI is InChI=1S/C13H26N2O/c1-9(2)7-15-13(11(14)16)8-12(4,5)6-10(13)3/h9-10,15H,6-8H2,1-5H3,(H2,14,16). The number of carbonyl (C=O) groups is 1. The quantitative estimate of drug-likeness (QED) is 0.769. The summed E-state index contributed by atoms with van der Waals surface area (Å²) in [5.41, 5.74) is 5.34. The van der Waals surface area contributed by atoms with Gasteiger partial charge in [0.25, 0.3) is 0 Å². The molecule has 0 radical (unpaired) electrons. The molecule has 1 aliphatic carbocycles. The van der Waals surface area contributed by atoms with Crippen LogP contribution in [0.3, 0.4) is 0 Å². The summed E-state index contributed by atoms with van der Waals surface area (Å²) in [5, 5.41) is 3.42. The average molecular weight is 226 g/mol. The fourth-order valence-electron chi connectivity index (χ4n) is 3.04. The van der Waals surface area contributed by atoms with E-state index >= 15 is 0 Å². The zero-order chi connectivity index (χ0) is 12.6. The van der Waals surface area contributed by atoms with E-state index in [9.17, 15) is 4.79 Å². The maximum absolute atomic E-state index is 11.8. The first-order valence-electron chi connectivity index (χ1n) is 6.24. The number of rotatable bonds is 4. The average Bonchev–Trinajstić information content (AvgIpc) is 2.33. The Morgan fingerprint density at radius 3 is 2.38 bits per heavy atom. The highest BCUT2D eigenvalue weighted by atomic mass is 16.1. The van der Waals surface area contributed by atoms with Crippen molar-refractivity contribution in [3.05, 3.63) is 0 Å². The Labute approximate surface area is 99.2 Å². The summed E-state index contributed by atoms with van der Waals surface area (Å²) in [4.78, 5) is 11.8. The Morgan fingerprint density at radius 1 is 1.50 bits per heavy atom. The molecule has 1 aliphatic rings. The molecule has 3 heteroatoms. The molecule has 2 atom stereocenters. The van der Waals surface area contributed by atoms with E-state index in [-0.39, 0.29) is 11.3 Å². The zero-order valence-electron chi connectivity index (χ0n) is 11.3. The van der Waals surface area contributed by atoms with Crippen molar-refractivity contribution in [1.29, 1.82) is 0 Å². The number of hydrogen-bond acceptors (Lipinski definition) is 2. The van der Waals surface area contributed by atoms with Crippen LogP contribution in [0.25, 0.3) is 0 Å². The molecule has 0 aromatic carbocycles. The molecule has 0 spiro atoms. The lowest BCUT2D eigenvalue weighted by molar-refractivity contribution is -0.126. The van der Waals surface area contributed by atoms with Crippen molar-refractivity contribution in [3.63, 3.8) is 0 Å². The first kappa shape index (κ1) is 13.5. The van der Waals surface area contributed by atoms with Gasteiger partial charge in [0.15, 0.2) is 0 Å². The molecule has 1 rings (SSSR count). The van der Waals surface area contributed by atoms with Crippen LogP contribution in [0.15, 0.2) is 0 Å². The van der Waals surface area contributed by atoms with Crippen LogP contribution >= 0.6 is 0 Å². The Kier molecular flexibility index (Phi) is 3.68. The van der Waals surface area contributed by atoms with Crippen LogP contribution < -0.4 is 11.1 Å². The van der Waals surface area contributed by atoms with E-state index in [1.807, 2.05) is 0 Å². The maximum atomic E-state index is 11.8. The molecule has 0 bridgehead atoms. The van der Waals surface area contributed by atoms with E-state index in [2.05, 4.69) is 39.9 Å². The highest BCUT2D eigenvalue weighted by Gasteiger charge is 2.52. The molecule has 3 N–H and O–H groups in total. The van der Waals surface area contributed by atoms with Gasteiger partial charge < -0.3 is 11.1 Å². The van der Waals surface area contributed by atoms with Crippen molar-refractivity contribution in [1.82, 2.24) is 5.32 Å². The van der Waals surface area contributed by atoms with E-state index in [1.54, 1.807) is 0 Å². The number of hydrogen-bond donors (Lipinski definition) is 2. The number of nitrogens with one attached hydrogen (secondary N) is 1. The van der Waals surface area contributed by atoms with Gasteiger partial charge in [-0.15, -0.1) is 0 Å². The fraction of sp³-hybridized carbons (Fsp3) is 0.923. The molecular formula is C13H26N2O. The topological polar surface area (TPSA) is 55.1 Å². The van der Waals surface area contributed by atoms with Crippen molar-refractivity contribution >= 4 is 5.91 Å². The van der Waals surface area contributed by atoms with E-state index in [4.69, 9.17) is 5.73 Å². The van der Waals surface area contributed by atoms with Crippen LogP contribution in [0, 0.1) is 17.3 Å². The smallest absolute Gasteiger partial charge is 0.238 e. The van der Waals surface area contributed by atoms with E-state index in [0.717, 1.165) is 19.4 Å². The number of carbonyl (C=O) groups excluding carboxylic acids is 1. The van der Waals surface area contributed by atoms with Crippen LogP contribution in [-0.2, 0) is 4.79 Å². The molecular weight excluding hydrogens is 200 g/mol. The summed E-state index contributed by atoms with van der Waals surface area (Å²) in [5.74, 6) is 0.664. The van der Waals surface area contributed by atoms with Gasteiger partial charge in [0.2, 0.25) is 5.91 Å². The summed E-state index contributed by atoms with van der Waals surface area (Å²) in [6, 6.07) is 0. The molecule has 94 valence electrons. The van der Waals surface area contributed by atoms with Crippen LogP contribution in [-0.4, -0.2) is 18.0 Å². The third-order valence-corrected chi connectivity index (χ3v) is 3.72. The fourth-order valence-corrected chi connectivity index (χ4v) is 3.04. The third-order valence-electron chi connectivity index (χ3n) is 3.72. The Morgan fingerprint density at radius 2 is 2.06 bits per heavy atom. The summed E-state index contributed by atoms with van der Waals surface area (Å²) >= 11 is 0. The van der Waals surface area contributed by atoms with Crippen LogP contribution in [0.2, 0.25) is 0 Å². The molecule has 0 saturated heterocycles. The van der Waals surface area contributed by atoms with E-state index < -0.39 is 5.54 Å². The second kappa shape index (κ2) is 4.36. The minimum atomic E-state index is -0.492. The van der Waals surface area contributed by atoms with Crippen molar-refractivity contribution in [3.8, 4) is 0 Å². The Bertz CT molecular complexity index is 273. The third kappa shape index (κ3) is 2.57. The van der Waals surface area contributed by atoms with Gasteiger partial charge in [-0.05, 0) is 36.6 Å². The maximum Gasteiger partial charge on any atom is 0.238 e. The zero-order valence-corrected chi connectivity index (χ0v) is 11.3. The lowest BCUT2D eigenvalue weighted by atomic mass is 9.85. The molecule has 1 saturated carbocycles. The molecule has 2 unspecified atom stereocenters. The van der Waals surface area contributed by atoms with E-state index in [1.165, 1.54) is 0 Å². The molecule has 0 aliphatic heterocycles. The Balaban J connectivity index is 2.86. The number of amides is 1. The second-order valence-corrected chi connectivity index (χ2v) is 6.56. The minimum Gasteiger partial charge on any atom is -0.368 e. The second-order valence-electron chi connectivity index (χ2n) is 6.56. The SMILES string of the molecule is CC(C)CNC1(C(N)=O)CC(C)(C)CC1C. The lowest BCUT2D eigenvalue weighted by Crippen LogP contribution is -2.58. The van der Waals surface area contributed by atoms with Crippen LogP contribution in [0.4, 0.5) is 0 Å². The molecule has 0 heterocycles. The predicted molar refractivity (Wildman–Crippen MR) is 66.9 cm³/mol. The van der Waals surface area contributed by atoms with Crippen molar-refractivity contribution in [2.45, 2.75) is 53.0 Å². The van der Waals surface area contributed by atoms with Gasteiger partial charge in [0.1, 0.15) is 5.54 Å². The van der Waals surface area contributed by atoms with Crippen LogP contribution in [0.1, 0.15) is 47.5 Å². The van der Waals surface area contributed by atoms with Gasteiger partial charge in [0, 0.05) is 0 Å². The highest BCUT2D eigenvalue weighted by Crippen LogP contribution is 2.47. The first-order valence-corrected chi connectivity index (χ1v) is 6.24. The molecule has 0 aromatic rings. The van der Waals surface area contributed by atoms with Gasteiger partial charge in [-0.3, -0.25) is 4.79 Å². The molecule has 1 fully saturated rings. The summed E-state index contributed by atoms with van der Waals surface area (Å²) in [6.07, 6.45) is 1.91.